The zero-order valence-electron chi connectivity index (χ0n) is 8.95. The summed E-state index contributed by atoms with van der Waals surface area (Å²) in [6, 6.07) is 4.52. The summed E-state index contributed by atoms with van der Waals surface area (Å²) in [5.74, 6) is -0.219. The predicted octanol–water partition coefficient (Wildman–Crippen LogP) is 1.38. The lowest BCUT2D eigenvalue weighted by molar-refractivity contribution is -0.117. The fourth-order valence-electron chi connectivity index (χ4n) is 1.16. The van der Waals surface area contributed by atoms with Gasteiger partial charge in [0.25, 0.3) is 0 Å². The van der Waals surface area contributed by atoms with Gasteiger partial charge in [-0.3, -0.25) is 4.79 Å². The standard InChI is InChI=1S/C11H16N2O2/c1-3-8(12)11(15)13-9-5-4-7(2)6-10(9)14/h4-6,8,14H,3,12H2,1-2H3,(H,13,15)/t8-/m0/s1. The van der Waals surface area contributed by atoms with Gasteiger partial charge < -0.3 is 16.2 Å². The second kappa shape index (κ2) is 4.79. The Morgan fingerprint density at radius 3 is 2.80 bits per heavy atom. The van der Waals surface area contributed by atoms with Crippen LogP contribution in [0.3, 0.4) is 0 Å². The van der Waals surface area contributed by atoms with Gasteiger partial charge in [0.1, 0.15) is 5.75 Å². The second-order valence-corrected chi connectivity index (χ2v) is 3.52. The number of hydrogen-bond acceptors (Lipinski definition) is 3. The summed E-state index contributed by atoms with van der Waals surface area (Å²) in [6.07, 6.45) is 0.568. The third kappa shape index (κ3) is 2.95. The molecule has 0 saturated carbocycles. The van der Waals surface area contributed by atoms with E-state index < -0.39 is 6.04 Å². The Labute approximate surface area is 89.1 Å². The fourth-order valence-corrected chi connectivity index (χ4v) is 1.16. The number of rotatable bonds is 3. The smallest absolute Gasteiger partial charge is 0.241 e. The zero-order valence-corrected chi connectivity index (χ0v) is 8.95. The van der Waals surface area contributed by atoms with Gasteiger partial charge in [0.05, 0.1) is 11.7 Å². The summed E-state index contributed by atoms with van der Waals surface area (Å²) in [7, 11) is 0. The molecule has 1 rings (SSSR count). The first-order valence-corrected chi connectivity index (χ1v) is 4.90. The van der Waals surface area contributed by atoms with Crippen LogP contribution in [0.15, 0.2) is 18.2 Å². The van der Waals surface area contributed by atoms with E-state index in [-0.39, 0.29) is 11.7 Å². The quantitative estimate of drug-likeness (QED) is 0.657. The molecule has 0 aliphatic heterocycles. The number of carbonyl (C=O) groups is 1. The summed E-state index contributed by atoms with van der Waals surface area (Å²) in [5.41, 5.74) is 6.88. The highest BCUT2D eigenvalue weighted by Crippen LogP contribution is 2.23. The minimum absolute atomic E-state index is 0.0617. The first kappa shape index (κ1) is 11.5. The number of carbonyl (C=O) groups excluding carboxylic acids is 1. The van der Waals surface area contributed by atoms with E-state index in [9.17, 15) is 9.90 Å². The molecule has 1 atom stereocenters. The lowest BCUT2D eigenvalue weighted by Gasteiger charge is -2.11. The number of phenols is 1. The summed E-state index contributed by atoms with van der Waals surface area (Å²) >= 11 is 0. The molecule has 0 radical (unpaired) electrons. The molecule has 0 aliphatic rings. The molecule has 0 aromatic heterocycles. The number of nitrogens with two attached hydrogens (primary N) is 1. The van der Waals surface area contributed by atoms with Gasteiger partial charge in [-0.2, -0.15) is 0 Å². The van der Waals surface area contributed by atoms with E-state index in [1.807, 2.05) is 19.9 Å². The molecule has 0 heterocycles. The Bertz CT molecular complexity index is 364. The highest BCUT2D eigenvalue weighted by Gasteiger charge is 2.12. The van der Waals surface area contributed by atoms with Crippen LogP contribution in [0.4, 0.5) is 5.69 Å². The van der Waals surface area contributed by atoms with E-state index in [1.54, 1.807) is 12.1 Å². The topological polar surface area (TPSA) is 75.4 Å². The number of nitrogens with one attached hydrogen (secondary N) is 1. The Morgan fingerprint density at radius 2 is 2.27 bits per heavy atom. The van der Waals surface area contributed by atoms with Gasteiger partial charge in [-0.1, -0.05) is 13.0 Å². The average Bonchev–Trinajstić information content (AvgIpc) is 2.20. The summed E-state index contributed by atoms with van der Waals surface area (Å²) in [6.45, 7) is 3.70. The Morgan fingerprint density at radius 1 is 1.60 bits per heavy atom. The normalized spacial score (nSPS) is 12.2. The van der Waals surface area contributed by atoms with Crippen LogP contribution in [0.25, 0.3) is 0 Å². The van der Waals surface area contributed by atoms with Crippen LogP contribution in [-0.4, -0.2) is 17.1 Å². The first-order valence-electron chi connectivity index (χ1n) is 4.90. The number of amides is 1. The molecule has 1 amide bonds. The summed E-state index contributed by atoms with van der Waals surface area (Å²) in [5, 5.41) is 12.1. The molecule has 0 aliphatic carbocycles. The maximum absolute atomic E-state index is 11.4. The van der Waals surface area contributed by atoms with Crippen molar-refractivity contribution in [2.75, 3.05) is 5.32 Å². The highest BCUT2D eigenvalue weighted by atomic mass is 16.3. The summed E-state index contributed by atoms with van der Waals surface area (Å²) < 4.78 is 0. The van der Waals surface area contributed by atoms with Gasteiger partial charge in [0.2, 0.25) is 5.91 Å². The van der Waals surface area contributed by atoms with Crippen molar-refractivity contribution < 1.29 is 9.90 Å². The van der Waals surface area contributed by atoms with Gasteiger partial charge >= 0.3 is 0 Å². The van der Waals surface area contributed by atoms with Crippen molar-refractivity contribution in [1.82, 2.24) is 0 Å². The van der Waals surface area contributed by atoms with Gasteiger partial charge in [-0.05, 0) is 31.0 Å². The number of benzene rings is 1. The van der Waals surface area contributed by atoms with Crippen LogP contribution in [0.5, 0.6) is 5.75 Å². The number of anilines is 1. The Balaban J connectivity index is 2.77. The monoisotopic (exact) mass is 208 g/mol. The number of aromatic hydroxyl groups is 1. The summed E-state index contributed by atoms with van der Waals surface area (Å²) in [4.78, 5) is 11.4. The SMILES string of the molecule is CC[C@H](N)C(=O)Nc1ccc(C)cc1O. The van der Waals surface area contributed by atoms with E-state index in [0.29, 0.717) is 12.1 Å². The molecule has 0 saturated heterocycles. The van der Waals surface area contributed by atoms with E-state index in [2.05, 4.69) is 5.32 Å². The van der Waals surface area contributed by atoms with Crippen molar-refractivity contribution in [3.05, 3.63) is 23.8 Å². The molecule has 4 heteroatoms. The molecule has 0 unspecified atom stereocenters. The van der Waals surface area contributed by atoms with Crippen molar-refractivity contribution in [1.29, 1.82) is 0 Å². The van der Waals surface area contributed by atoms with Crippen LogP contribution in [0.1, 0.15) is 18.9 Å². The minimum Gasteiger partial charge on any atom is -0.506 e. The van der Waals surface area contributed by atoms with Crippen LogP contribution < -0.4 is 11.1 Å². The molecule has 0 spiro atoms. The number of hydrogen-bond donors (Lipinski definition) is 3. The fraction of sp³-hybridized carbons (Fsp3) is 0.364. The predicted molar refractivity (Wildman–Crippen MR) is 59.7 cm³/mol. The van der Waals surface area contributed by atoms with Crippen LogP contribution >= 0.6 is 0 Å². The van der Waals surface area contributed by atoms with E-state index in [4.69, 9.17) is 5.73 Å². The molecule has 0 bridgehead atoms. The maximum Gasteiger partial charge on any atom is 0.241 e. The average molecular weight is 208 g/mol. The van der Waals surface area contributed by atoms with Crippen molar-refractivity contribution in [3.63, 3.8) is 0 Å². The Hall–Kier alpha value is -1.55. The van der Waals surface area contributed by atoms with Gasteiger partial charge in [0.15, 0.2) is 0 Å². The molecular weight excluding hydrogens is 192 g/mol. The van der Waals surface area contributed by atoms with Gasteiger partial charge in [-0.25, -0.2) is 0 Å². The zero-order chi connectivity index (χ0) is 11.4. The molecule has 15 heavy (non-hydrogen) atoms. The Kier molecular flexibility index (Phi) is 3.68. The van der Waals surface area contributed by atoms with Crippen molar-refractivity contribution in [2.45, 2.75) is 26.3 Å². The van der Waals surface area contributed by atoms with Crippen LogP contribution in [0, 0.1) is 6.92 Å². The van der Waals surface area contributed by atoms with Crippen LogP contribution in [-0.2, 0) is 4.79 Å². The van der Waals surface area contributed by atoms with Crippen molar-refractivity contribution in [3.8, 4) is 5.75 Å². The molecule has 82 valence electrons. The third-order valence-electron chi connectivity index (χ3n) is 2.19. The maximum atomic E-state index is 11.4. The molecule has 0 fully saturated rings. The minimum atomic E-state index is -0.536. The van der Waals surface area contributed by atoms with Crippen molar-refractivity contribution >= 4 is 11.6 Å². The number of phenolic OH excluding ortho intramolecular Hbond substituents is 1. The largest absolute Gasteiger partial charge is 0.506 e. The van der Waals surface area contributed by atoms with Crippen molar-refractivity contribution in [2.24, 2.45) is 5.73 Å². The van der Waals surface area contributed by atoms with Gasteiger partial charge in [0, 0.05) is 0 Å². The number of aryl methyl sites for hydroxylation is 1. The second-order valence-electron chi connectivity index (χ2n) is 3.52. The lowest BCUT2D eigenvalue weighted by Crippen LogP contribution is -2.34. The molecule has 1 aromatic rings. The lowest BCUT2D eigenvalue weighted by atomic mass is 10.2. The molecule has 4 N–H and O–H groups in total. The van der Waals surface area contributed by atoms with E-state index >= 15 is 0 Å². The third-order valence-corrected chi connectivity index (χ3v) is 2.19. The first-order chi connectivity index (χ1) is 7.04. The highest BCUT2D eigenvalue weighted by molar-refractivity contribution is 5.95. The molecule has 4 nitrogen and oxygen atoms in total. The molecular formula is C11H16N2O2. The van der Waals surface area contributed by atoms with Crippen LogP contribution in [0.2, 0.25) is 0 Å². The van der Waals surface area contributed by atoms with E-state index in [0.717, 1.165) is 5.56 Å². The molecule has 1 aromatic carbocycles. The van der Waals surface area contributed by atoms with E-state index in [1.165, 1.54) is 0 Å². The van der Waals surface area contributed by atoms with Gasteiger partial charge in [-0.15, -0.1) is 0 Å².